The fourth-order valence-electron chi connectivity index (χ4n) is 2.06. The molecule has 0 bridgehead atoms. The van der Waals surface area contributed by atoms with Crippen LogP contribution in [0.5, 0.6) is 0 Å². The van der Waals surface area contributed by atoms with Crippen LogP contribution < -0.4 is 11.4 Å². The highest BCUT2D eigenvalue weighted by molar-refractivity contribution is 5.36. The van der Waals surface area contributed by atoms with E-state index in [1.54, 1.807) is 4.57 Å². The van der Waals surface area contributed by atoms with Gasteiger partial charge in [-0.25, -0.2) is 14.5 Å². The molecule has 0 aliphatic carbocycles. The van der Waals surface area contributed by atoms with Crippen molar-refractivity contribution in [3.8, 4) is 5.69 Å². The Morgan fingerprint density at radius 2 is 2.21 bits per heavy atom. The molecular formula is C14H20N4O. The summed E-state index contributed by atoms with van der Waals surface area (Å²) in [5, 5.41) is 6.58. The lowest BCUT2D eigenvalue weighted by Crippen LogP contribution is -2.25. The van der Waals surface area contributed by atoms with Crippen molar-refractivity contribution < 1.29 is 0 Å². The van der Waals surface area contributed by atoms with Crippen molar-refractivity contribution in [2.24, 2.45) is 11.7 Å². The largest absolute Gasteiger partial charge is 0.347 e. The van der Waals surface area contributed by atoms with Crippen LogP contribution in [0.15, 0.2) is 29.1 Å². The van der Waals surface area contributed by atoms with Gasteiger partial charge in [-0.1, -0.05) is 32.4 Å². The minimum absolute atomic E-state index is 0.251. The molecule has 1 aromatic heterocycles. The van der Waals surface area contributed by atoms with E-state index in [4.69, 9.17) is 5.73 Å². The van der Waals surface area contributed by atoms with Crippen LogP contribution in [0, 0.1) is 12.8 Å². The Labute approximate surface area is 112 Å². The molecule has 3 N–H and O–H groups in total. The Kier molecular flexibility index (Phi) is 3.85. The maximum atomic E-state index is 12.0. The van der Waals surface area contributed by atoms with E-state index in [2.05, 4.69) is 24.0 Å². The SMILES string of the molecule is CC[C@H](C)[C@H](N)c1n[nH]c(=O)n1-c1cccc(C)c1. The number of nitrogens with two attached hydrogens (primary N) is 1. The summed E-state index contributed by atoms with van der Waals surface area (Å²) in [5.41, 5.74) is 7.84. The van der Waals surface area contributed by atoms with Gasteiger partial charge in [-0.2, -0.15) is 5.10 Å². The van der Waals surface area contributed by atoms with Gasteiger partial charge in [-0.15, -0.1) is 0 Å². The molecule has 0 saturated carbocycles. The predicted molar refractivity (Wildman–Crippen MR) is 75.3 cm³/mol. The molecule has 19 heavy (non-hydrogen) atoms. The van der Waals surface area contributed by atoms with E-state index in [1.807, 2.05) is 31.2 Å². The molecule has 102 valence electrons. The molecule has 0 saturated heterocycles. The highest BCUT2D eigenvalue weighted by Gasteiger charge is 2.21. The lowest BCUT2D eigenvalue weighted by Gasteiger charge is -2.18. The van der Waals surface area contributed by atoms with Gasteiger partial charge in [0.05, 0.1) is 11.7 Å². The van der Waals surface area contributed by atoms with Crippen LogP contribution in [0.4, 0.5) is 0 Å². The fourth-order valence-corrected chi connectivity index (χ4v) is 2.06. The second kappa shape index (κ2) is 5.40. The van der Waals surface area contributed by atoms with Gasteiger partial charge in [0, 0.05) is 0 Å². The van der Waals surface area contributed by atoms with Gasteiger partial charge in [0.15, 0.2) is 5.82 Å². The number of hydrogen-bond acceptors (Lipinski definition) is 3. The zero-order valence-corrected chi connectivity index (χ0v) is 11.6. The van der Waals surface area contributed by atoms with E-state index in [-0.39, 0.29) is 17.6 Å². The molecule has 0 unspecified atom stereocenters. The Bertz CT molecular complexity index is 614. The van der Waals surface area contributed by atoms with Gasteiger partial charge >= 0.3 is 5.69 Å². The number of H-pyrrole nitrogens is 1. The third-order valence-electron chi connectivity index (χ3n) is 3.51. The number of nitrogens with one attached hydrogen (secondary N) is 1. The van der Waals surface area contributed by atoms with Gasteiger partial charge in [-0.3, -0.25) is 0 Å². The molecule has 1 aromatic carbocycles. The van der Waals surface area contributed by atoms with Gasteiger partial charge in [0.1, 0.15) is 0 Å². The van der Waals surface area contributed by atoms with Crippen LogP contribution in [0.1, 0.15) is 37.7 Å². The first-order valence-electron chi connectivity index (χ1n) is 6.54. The number of rotatable bonds is 4. The lowest BCUT2D eigenvalue weighted by molar-refractivity contribution is 0.433. The normalized spacial score (nSPS) is 14.3. The third-order valence-corrected chi connectivity index (χ3v) is 3.51. The topological polar surface area (TPSA) is 76.7 Å². The molecular weight excluding hydrogens is 240 g/mol. The number of hydrogen-bond donors (Lipinski definition) is 2. The van der Waals surface area contributed by atoms with Crippen LogP contribution in [0.2, 0.25) is 0 Å². The van der Waals surface area contributed by atoms with Crippen LogP contribution in [-0.2, 0) is 0 Å². The number of benzene rings is 1. The first kappa shape index (κ1) is 13.5. The van der Waals surface area contributed by atoms with E-state index < -0.39 is 0 Å². The average molecular weight is 260 g/mol. The summed E-state index contributed by atoms with van der Waals surface area (Å²) in [7, 11) is 0. The van der Waals surface area contributed by atoms with E-state index in [1.165, 1.54) is 0 Å². The molecule has 0 spiro atoms. The summed E-state index contributed by atoms with van der Waals surface area (Å²) < 4.78 is 1.56. The maximum Gasteiger partial charge on any atom is 0.347 e. The fraction of sp³-hybridized carbons (Fsp3) is 0.429. The molecule has 0 radical (unpaired) electrons. The molecule has 5 heteroatoms. The quantitative estimate of drug-likeness (QED) is 0.881. The molecule has 0 amide bonds. The van der Waals surface area contributed by atoms with Crippen molar-refractivity contribution in [1.82, 2.24) is 14.8 Å². The summed E-state index contributed by atoms with van der Waals surface area (Å²) >= 11 is 0. The molecule has 5 nitrogen and oxygen atoms in total. The number of aryl methyl sites for hydroxylation is 1. The second-order valence-corrected chi connectivity index (χ2v) is 4.97. The van der Waals surface area contributed by atoms with Gasteiger partial charge < -0.3 is 5.73 Å². The van der Waals surface area contributed by atoms with Crippen LogP contribution >= 0.6 is 0 Å². The third kappa shape index (κ3) is 2.61. The molecule has 2 rings (SSSR count). The molecule has 0 fully saturated rings. The summed E-state index contributed by atoms with van der Waals surface area (Å²) in [6.45, 7) is 6.12. The highest BCUT2D eigenvalue weighted by Crippen LogP contribution is 2.21. The van der Waals surface area contributed by atoms with Crippen LogP contribution in [0.3, 0.4) is 0 Å². The summed E-state index contributed by atoms with van der Waals surface area (Å²) in [6.07, 6.45) is 0.941. The zero-order valence-electron chi connectivity index (χ0n) is 11.6. The standard InChI is InChI=1S/C14H20N4O/c1-4-10(3)12(15)13-16-17-14(19)18(13)11-7-5-6-9(2)8-11/h5-8,10,12H,4,15H2,1-3H3,(H,17,19)/t10-,12-/m0/s1. The first-order valence-corrected chi connectivity index (χ1v) is 6.54. The Morgan fingerprint density at radius 1 is 1.47 bits per heavy atom. The van der Waals surface area contributed by atoms with Crippen molar-refractivity contribution in [1.29, 1.82) is 0 Å². The van der Waals surface area contributed by atoms with Crippen LogP contribution in [0.25, 0.3) is 5.69 Å². The summed E-state index contributed by atoms with van der Waals surface area (Å²) in [4.78, 5) is 12.0. The van der Waals surface area contributed by atoms with Gasteiger partial charge in [0.2, 0.25) is 0 Å². The monoisotopic (exact) mass is 260 g/mol. The number of nitrogens with zero attached hydrogens (tertiary/aromatic N) is 2. The van der Waals surface area contributed by atoms with Crippen molar-refractivity contribution in [2.75, 3.05) is 0 Å². The van der Waals surface area contributed by atoms with E-state index in [9.17, 15) is 4.79 Å². The Balaban J connectivity index is 2.52. The number of aromatic amines is 1. The van der Waals surface area contributed by atoms with Crippen molar-refractivity contribution in [3.05, 3.63) is 46.1 Å². The average Bonchev–Trinajstić information content (AvgIpc) is 2.78. The highest BCUT2D eigenvalue weighted by atomic mass is 16.1. The molecule has 2 atom stereocenters. The van der Waals surface area contributed by atoms with Crippen molar-refractivity contribution in [3.63, 3.8) is 0 Å². The molecule has 2 aromatic rings. The zero-order chi connectivity index (χ0) is 14.0. The van der Waals surface area contributed by atoms with Crippen LogP contribution in [-0.4, -0.2) is 14.8 Å². The summed E-state index contributed by atoms with van der Waals surface area (Å²) in [6, 6.07) is 7.48. The first-order chi connectivity index (χ1) is 9.04. The smallest absolute Gasteiger partial charge is 0.321 e. The van der Waals surface area contributed by atoms with Gasteiger partial charge in [0.25, 0.3) is 0 Å². The van der Waals surface area contributed by atoms with E-state index in [0.29, 0.717) is 5.82 Å². The molecule has 1 heterocycles. The van der Waals surface area contributed by atoms with E-state index in [0.717, 1.165) is 17.7 Å². The minimum atomic E-state index is -0.260. The number of aromatic nitrogens is 3. The van der Waals surface area contributed by atoms with E-state index >= 15 is 0 Å². The predicted octanol–water partition coefficient (Wildman–Crippen LogP) is 1.91. The maximum absolute atomic E-state index is 12.0. The summed E-state index contributed by atoms with van der Waals surface area (Å²) in [5.74, 6) is 0.851. The van der Waals surface area contributed by atoms with Crippen molar-refractivity contribution >= 4 is 0 Å². The Morgan fingerprint density at radius 3 is 2.84 bits per heavy atom. The Hall–Kier alpha value is -1.88. The lowest BCUT2D eigenvalue weighted by atomic mass is 9.99. The van der Waals surface area contributed by atoms with Gasteiger partial charge in [-0.05, 0) is 30.5 Å². The van der Waals surface area contributed by atoms with Crippen molar-refractivity contribution in [2.45, 2.75) is 33.2 Å². The molecule has 0 aliphatic heterocycles. The minimum Gasteiger partial charge on any atom is -0.321 e. The molecule has 0 aliphatic rings. The second-order valence-electron chi connectivity index (χ2n) is 4.97.